The highest BCUT2D eigenvalue weighted by Crippen LogP contribution is 2.37. The fraction of sp³-hybridized carbons (Fsp3) is 0.0833. The molecule has 0 atom stereocenters. The summed E-state index contributed by atoms with van der Waals surface area (Å²) >= 11 is 5.98. The van der Waals surface area contributed by atoms with Crippen LogP contribution in [0.1, 0.15) is 16.1 Å². The van der Waals surface area contributed by atoms with E-state index in [4.69, 9.17) is 21.2 Å². The van der Waals surface area contributed by atoms with Gasteiger partial charge >= 0.3 is 5.97 Å². The number of hydrogen-bond acceptors (Lipinski definition) is 4. The molecule has 0 bridgehead atoms. The number of anilines is 1. The molecule has 1 aromatic carbocycles. The van der Waals surface area contributed by atoms with Gasteiger partial charge in [0.15, 0.2) is 11.5 Å². The van der Waals surface area contributed by atoms with Gasteiger partial charge in [0.2, 0.25) is 5.91 Å². The molecule has 0 fully saturated rings. The van der Waals surface area contributed by atoms with Gasteiger partial charge in [-0.2, -0.15) is 0 Å². The van der Waals surface area contributed by atoms with Crippen LogP contribution in [0.15, 0.2) is 22.7 Å². The summed E-state index contributed by atoms with van der Waals surface area (Å²) in [6.07, 6.45) is 0.239. The quantitative estimate of drug-likeness (QED) is 0.878. The lowest BCUT2D eigenvalue weighted by atomic mass is 10.1. The molecule has 2 aromatic rings. The van der Waals surface area contributed by atoms with Crippen molar-refractivity contribution in [1.82, 2.24) is 5.16 Å². The third kappa shape index (κ3) is 1.96. The number of benzene rings is 1. The Morgan fingerprint density at radius 1 is 1.42 bits per heavy atom. The van der Waals surface area contributed by atoms with Crippen LogP contribution >= 0.6 is 11.6 Å². The first-order valence-corrected chi connectivity index (χ1v) is 5.75. The molecule has 1 aliphatic heterocycles. The zero-order valence-corrected chi connectivity index (χ0v) is 10.2. The number of aromatic nitrogens is 1. The van der Waals surface area contributed by atoms with E-state index in [0.29, 0.717) is 16.3 Å². The number of nitrogens with zero attached hydrogens (tertiary/aromatic N) is 1. The van der Waals surface area contributed by atoms with Gasteiger partial charge in [0.25, 0.3) is 0 Å². The van der Waals surface area contributed by atoms with E-state index in [9.17, 15) is 9.59 Å². The van der Waals surface area contributed by atoms with Crippen LogP contribution in [-0.2, 0) is 11.2 Å². The van der Waals surface area contributed by atoms with Crippen molar-refractivity contribution in [2.24, 2.45) is 0 Å². The van der Waals surface area contributed by atoms with Crippen LogP contribution in [0.2, 0.25) is 5.02 Å². The second kappa shape index (κ2) is 4.10. The summed E-state index contributed by atoms with van der Waals surface area (Å²) in [5.74, 6) is -1.08. The minimum absolute atomic E-state index is 0.142. The second-order valence-electron chi connectivity index (χ2n) is 4.09. The number of hydrogen-bond donors (Lipinski definition) is 2. The van der Waals surface area contributed by atoms with E-state index < -0.39 is 5.97 Å². The molecule has 2 heterocycles. The smallest absolute Gasteiger partial charge is 0.358 e. The van der Waals surface area contributed by atoms with E-state index in [2.05, 4.69) is 10.5 Å². The van der Waals surface area contributed by atoms with Gasteiger partial charge in [0.1, 0.15) is 0 Å². The number of carboxylic acid groups (broad SMARTS) is 1. The molecule has 1 aromatic heterocycles. The van der Waals surface area contributed by atoms with Crippen molar-refractivity contribution >= 4 is 29.2 Å². The number of rotatable bonds is 2. The van der Waals surface area contributed by atoms with Crippen molar-refractivity contribution in [3.8, 4) is 11.3 Å². The van der Waals surface area contributed by atoms with Gasteiger partial charge in [0.05, 0.1) is 12.1 Å². The number of halogens is 1. The van der Waals surface area contributed by atoms with E-state index >= 15 is 0 Å². The molecule has 0 aliphatic carbocycles. The van der Waals surface area contributed by atoms with Crippen molar-refractivity contribution in [1.29, 1.82) is 0 Å². The Morgan fingerprint density at radius 3 is 2.89 bits per heavy atom. The molecule has 0 spiro atoms. The molecular formula is C12H7ClN2O4. The van der Waals surface area contributed by atoms with Gasteiger partial charge in [-0.15, -0.1) is 0 Å². The van der Waals surface area contributed by atoms with Crippen LogP contribution in [0.3, 0.4) is 0 Å². The van der Waals surface area contributed by atoms with E-state index in [1.165, 1.54) is 6.07 Å². The first-order valence-electron chi connectivity index (χ1n) is 5.37. The summed E-state index contributed by atoms with van der Waals surface area (Å²) < 4.78 is 4.99. The molecule has 0 saturated heterocycles. The van der Waals surface area contributed by atoms with Crippen molar-refractivity contribution in [2.75, 3.05) is 5.32 Å². The Kier molecular flexibility index (Phi) is 2.53. The van der Waals surface area contributed by atoms with Gasteiger partial charge in [0, 0.05) is 16.7 Å². The lowest BCUT2D eigenvalue weighted by Gasteiger charge is -2.05. The average Bonchev–Trinajstić information content (AvgIpc) is 2.93. The number of nitrogens with one attached hydrogen (secondary N) is 1. The molecule has 2 N–H and O–H groups in total. The van der Waals surface area contributed by atoms with Gasteiger partial charge < -0.3 is 14.9 Å². The van der Waals surface area contributed by atoms with Crippen molar-refractivity contribution < 1.29 is 19.2 Å². The molecule has 0 unspecified atom stereocenters. The standard InChI is InChI=1S/C12H7ClN2O4/c13-6-1-5-2-10(16)14-11(5)7(3-6)9-4-8(12(17)18)15-19-9/h1,3-4H,2H2,(H,14,16)(H,17,18). The SMILES string of the molecule is O=C1Cc2cc(Cl)cc(-c3cc(C(=O)O)no3)c2N1. The average molecular weight is 279 g/mol. The zero-order chi connectivity index (χ0) is 13.6. The van der Waals surface area contributed by atoms with Crippen LogP contribution in [0.4, 0.5) is 5.69 Å². The summed E-state index contributed by atoms with van der Waals surface area (Å²) in [4.78, 5) is 22.2. The first-order chi connectivity index (χ1) is 9.04. The predicted molar refractivity (Wildman–Crippen MR) is 66.2 cm³/mol. The Balaban J connectivity index is 2.15. The van der Waals surface area contributed by atoms with E-state index in [1.807, 2.05) is 0 Å². The minimum atomic E-state index is -1.18. The number of fused-ring (bicyclic) bond motifs is 1. The monoisotopic (exact) mass is 278 g/mol. The number of carboxylic acids is 1. The third-order valence-electron chi connectivity index (χ3n) is 2.79. The lowest BCUT2D eigenvalue weighted by molar-refractivity contribution is -0.115. The highest BCUT2D eigenvalue weighted by Gasteiger charge is 2.24. The molecule has 7 heteroatoms. The maximum atomic E-state index is 11.4. The Bertz CT molecular complexity index is 708. The third-order valence-corrected chi connectivity index (χ3v) is 3.01. The number of aromatic carboxylic acids is 1. The van der Waals surface area contributed by atoms with Gasteiger partial charge in [-0.3, -0.25) is 4.79 Å². The molecule has 0 saturated carbocycles. The molecule has 19 heavy (non-hydrogen) atoms. The summed E-state index contributed by atoms with van der Waals surface area (Å²) in [6.45, 7) is 0. The molecule has 1 amide bonds. The maximum Gasteiger partial charge on any atom is 0.358 e. The zero-order valence-electron chi connectivity index (χ0n) is 9.44. The van der Waals surface area contributed by atoms with Crippen LogP contribution < -0.4 is 5.32 Å². The van der Waals surface area contributed by atoms with Crippen molar-refractivity contribution in [3.05, 3.63) is 34.5 Å². The highest BCUT2D eigenvalue weighted by atomic mass is 35.5. The summed E-state index contributed by atoms with van der Waals surface area (Å²) in [7, 11) is 0. The molecule has 3 rings (SSSR count). The van der Waals surface area contributed by atoms with Crippen LogP contribution in [-0.4, -0.2) is 22.1 Å². The Hall–Kier alpha value is -2.34. The largest absolute Gasteiger partial charge is 0.476 e. The maximum absolute atomic E-state index is 11.4. The molecular weight excluding hydrogens is 272 g/mol. The Morgan fingerprint density at radius 2 is 2.21 bits per heavy atom. The fourth-order valence-electron chi connectivity index (χ4n) is 2.00. The highest BCUT2D eigenvalue weighted by molar-refractivity contribution is 6.31. The van der Waals surface area contributed by atoms with Crippen LogP contribution in [0.25, 0.3) is 11.3 Å². The molecule has 0 radical (unpaired) electrons. The van der Waals surface area contributed by atoms with Crippen molar-refractivity contribution in [3.63, 3.8) is 0 Å². The normalized spacial score (nSPS) is 13.2. The first kappa shape index (κ1) is 11.7. The topological polar surface area (TPSA) is 92.4 Å². The van der Waals surface area contributed by atoms with E-state index in [1.54, 1.807) is 12.1 Å². The van der Waals surface area contributed by atoms with Gasteiger partial charge in [-0.05, 0) is 17.7 Å². The number of carbonyl (C=O) groups excluding carboxylic acids is 1. The molecule has 1 aliphatic rings. The number of amides is 1. The molecule has 96 valence electrons. The summed E-state index contributed by atoms with van der Waals surface area (Å²) in [5.41, 5.74) is 1.66. The number of carbonyl (C=O) groups is 2. The predicted octanol–water partition coefficient (Wildman–Crippen LogP) is 2.19. The minimum Gasteiger partial charge on any atom is -0.476 e. The van der Waals surface area contributed by atoms with Crippen molar-refractivity contribution in [2.45, 2.75) is 6.42 Å². The fourth-order valence-corrected chi connectivity index (χ4v) is 2.25. The Labute approximate surface area is 112 Å². The summed E-state index contributed by atoms with van der Waals surface area (Å²) in [5, 5.41) is 15.4. The van der Waals surface area contributed by atoms with Crippen LogP contribution in [0, 0.1) is 0 Å². The van der Waals surface area contributed by atoms with Gasteiger partial charge in [-0.1, -0.05) is 16.8 Å². The lowest BCUT2D eigenvalue weighted by Crippen LogP contribution is -2.04. The second-order valence-corrected chi connectivity index (χ2v) is 4.53. The van der Waals surface area contributed by atoms with Gasteiger partial charge in [-0.25, -0.2) is 4.79 Å². The van der Waals surface area contributed by atoms with Crippen LogP contribution in [0.5, 0.6) is 0 Å². The van der Waals surface area contributed by atoms with E-state index in [0.717, 1.165) is 5.56 Å². The van der Waals surface area contributed by atoms with E-state index in [-0.39, 0.29) is 23.8 Å². The molecule has 6 nitrogen and oxygen atoms in total. The summed E-state index contributed by atoms with van der Waals surface area (Å²) in [6, 6.07) is 4.57.